The highest BCUT2D eigenvalue weighted by molar-refractivity contribution is 6.31. The van der Waals surface area contributed by atoms with Crippen LogP contribution in [0.4, 0.5) is 5.69 Å². The van der Waals surface area contributed by atoms with Crippen LogP contribution in [0.2, 0.25) is 5.02 Å². The van der Waals surface area contributed by atoms with E-state index in [0.717, 1.165) is 22.7 Å². The Labute approximate surface area is 156 Å². The maximum Gasteiger partial charge on any atom is 0.321 e. The number of halogens is 1. The van der Waals surface area contributed by atoms with Gasteiger partial charge < -0.3 is 10.1 Å². The van der Waals surface area contributed by atoms with Crippen LogP contribution in [0, 0.1) is 5.92 Å². The first kappa shape index (κ1) is 16.5. The van der Waals surface area contributed by atoms with Gasteiger partial charge in [-0.05, 0) is 54.3 Å². The van der Waals surface area contributed by atoms with Crippen LogP contribution in [0.1, 0.15) is 17.9 Å². The summed E-state index contributed by atoms with van der Waals surface area (Å²) in [7, 11) is 0. The lowest BCUT2D eigenvalue weighted by Crippen LogP contribution is -2.14. The predicted octanol–water partition coefficient (Wildman–Crippen LogP) is 4.66. The smallest absolute Gasteiger partial charge is 0.321 e. The van der Waals surface area contributed by atoms with Crippen molar-refractivity contribution in [2.24, 2.45) is 5.92 Å². The van der Waals surface area contributed by atoms with Crippen molar-refractivity contribution >= 4 is 23.2 Å². The molecule has 0 saturated heterocycles. The maximum atomic E-state index is 12.4. The van der Waals surface area contributed by atoms with Crippen LogP contribution in [-0.4, -0.2) is 15.9 Å². The molecule has 0 bridgehead atoms. The minimum absolute atomic E-state index is 0.00924. The lowest BCUT2D eigenvalue weighted by Gasteiger charge is -2.07. The quantitative estimate of drug-likeness (QED) is 0.714. The molecule has 1 fully saturated rings. The van der Waals surface area contributed by atoms with Crippen molar-refractivity contribution in [3.63, 3.8) is 0 Å². The van der Waals surface area contributed by atoms with E-state index in [1.54, 1.807) is 42.7 Å². The molecule has 2 atom stereocenters. The number of rotatable bonds is 5. The second-order valence-electron chi connectivity index (χ2n) is 6.12. The van der Waals surface area contributed by atoms with Gasteiger partial charge in [0.05, 0.1) is 0 Å². The van der Waals surface area contributed by atoms with Crippen molar-refractivity contribution < 1.29 is 9.53 Å². The Morgan fingerprint density at radius 3 is 2.50 bits per heavy atom. The summed E-state index contributed by atoms with van der Waals surface area (Å²) >= 11 is 6.22. The molecule has 0 radical (unpaired) electrons. The summed E-state index contributed by atoms with van der Waals surface area (Å²) in [5.74, 6) is 0.773. The molecular weight excluding hydrogens is 350 g/mol. The van der Waals surface area contributed by atoms with Gasteiger partial charge in [0.1, 0.15) is 5.75 Å². The Morgan fingerprint density at radius 1 is 1.04 bits per heavy atom. The summed E-state index contributed by atoms with van der Waals surface area (Å²) in [5.41, 5.74) is 1.77. The molecule has 2 aromatic carbocycles. The normalized spacial score (nSPS) is 18.2. The van der Waals surface area contributed by atoms with Gasteiger partial charge in [-0.1, -0.05) is 29.8 Å². The summed E-state index contributed by atoms with van der Waals surface area (Å²) in [4.78, 5) is 20.5. The van der Waals surface area contributed by atoms with Crippen molar-refractivity contribution in [1.29, 1.82) is 0 Å². The number of nitrogens with one attached hydrogen (secondary N) is 1. The van der Waals surface area contributed by atoms with Crippen molar-refractivity contribution in [3.8, 4) is 11.8 Å². The van der Waals surface area contributed by atoms with E-state index in [2.05, 4.69) is 15.3 Å². The summed E-state index contributed by atoms with van der Waals surface area (Å²) in [6.07, 6.45) is 4.05. The van der Waals surface area contributed by atoms with Crippen LogP contribution in [0.15, 0.2) is 67.0 Å². The van der Waals surface area contributed by atoms with E-state index in [9.17, 15) is 4.79 Å². The summed E-state index contributed by atoms with van der Waals surface area (Å²) in [5, 5.41) is 3.67. The van der Waals surface area contributed by atoms with Gasteiger partial charge in [-0.25, -0.2) is 9.97 Å². The molecule has 26 heavy (non-hydrogen) atoms. The molecule has 1 aliphatic carbocycles. The van der Waals surface area contributed by atoms with Crippen LogP contribution >= 0.6 is 11.6 Å². The molecule has 5 nitrogen and oxygen atoms in total. The van der Waals surface area contributed by atoms with E-state index in [1.807, 2.05) is 24.3 Å². The highest BCUT2D eigenvalue weighted by atomic mass is 35.5. The first-order chi connectivity index (χ1) is 12.7. The highest BCUT2D eigenvalue weighted by Crippen LogP contribution is 2.50. The average Bonchev–Trinajstić information content (AvgIpc) is 3.45. The zero-order valence-corrected chi connectivity index (χ0v) is 14.6. The van der Waals surface area contributed by atoms with Gasteiger partial charge in [-0.15, -0.1) is 0 Å². The number of carbonyl (C=O) groups excluding carboxylic acids is 1. The molecule has 1 amide bonds. The highest BCUT2D eigenvalue weighted by Gasteiger charge is 2.44. The van der Waals surface area contributed by atoms with Crippen molar-refractivity contribution in [2.45, 2.75) is 12.3 Å². The zero-order valence-electron chi connectivity index (χ0n) is 13.8. The second-order valence-corrected chi connectivity index (χ2v) is 6.52. The number of amides is 1. The van der Waals surface area contributed by atoms with Gasteiger partial charge >= 0.3 is 6.01 Å². The van der Waals surface area contributed by atoms with Gasteiger partial charge in [-0.3, -0.25) is 4.79 Å². The fourth-order valence-electron chi connectivity index (χ4n) is 2.89. The van der Waals surface area contributed by atoms with Crippen molar-refractivity contribution in [2.75, 3.05) is 5.32 Å². The fraction of sp³-hybridized carbons (Fsp3) is 0.150. The Balaban J connectivity index is 1.36. The van der Waals surface area contributed by atoms with Gasteiger partial charge in [0.15, 0.2) is 0 Å². The van der Waals surface area contributed by atoms with Crippen LogP contribution in [0.25, 0.3) is 0 Å². The molecule has 130 valence electrons. The molecule has 6 heteroatoms. The summed E-state index contributed by atoms with van der Waals surface area (Å²) in [6.45, 7) is 0. The average molecular weight is 366 g/mol. The van der Waals surface area contributed by atoms with Crippen molar-refractivity contribution in [3.05, 3.63) is 77.6 Å². The maximum absolute atomic E-state index is 12.4. The Hall–Kier alpha value is -2.92. The Bertz CT molecular complexity index is 916. The standard InChI is InChI=1S/C20H16ClN3O2/c21-18-5-2-1-4-15(18)16-12-17(16)19(25)24-13-6-8-14(9-7-13)26-20-22-10-3-11-23-20/h1-11,16-17H,12H2,(H,24,25)/t16-,17-/m1/s1. The molecule has 1 aliphatic rings. The Morgan fingerprint density at radius 2 is 1.77 bits per heavy atom. The lowest BCUT2D eigenvalue weighted by molar-refractivity contribution is -0.117. The van der Waals surface area contributed by atoms with E-state index in [0.29, 0.717) is 5.75 Å². The molecular formula is C20H16ClN3O2. The van der Waals surface area contributed by atoms with Crippen LogP contribution in [0.3, 0.4) is 0 Å². The molecule has 0 aliphatic heterocycles. The number of hydrogen-bond donors (Lipinski definition) is 1. The Kier molecular flexibility index (Phi) is 4.54. The van der Waals surface area contributed by atoms with E-state index in [-0.39, 0.29) is 23.8 Å². The van der Waals surface area contributed by atoms with Gasteiger partial charge in [0, 0.05) is 29.0 Å². The third kappa shape index (κ3) is 3.68. The van der Waals surface area contributed by atoms with E-state index >= 15 is 0 Å². The van der Waals surface area contributed by atoms with Crippen molar-refractivity contribution in [1.82, 2.24) is 9.97 Å². The monoisotopic (exact) mass is 365 g/mol. The SMILES string of the molecule is O=C(Nc1ccc(Oc2ncccn2)cc1)[C@@H]1C[C@@H]1c1ccccc1Cl. The number of benzene rings is 2. The predicted molar refractivity (Wildman–Crippen MR) is 99.5 cm³/mol. The van der Waals surface area contributed by atoms with Crippen LogP contribution in [0.5, 0.6) is 11.8 Å². The fourth-order valence-corrected chi connectivity index (χ4v) is 3.16. The molecule has 0 unspecified atom stereocenters. The van der Waals surface area contributed by atoms with Gasteiger partial charge in [0.25, 0.3) is 0 Å². The number of ether oxygens (including phenoxy) is 1. The first-order valence-electron chi connectivity index (χ1n) is 8.31. The van der Waals surface area contributed by atoms with Crippen LogP contribution < -0.4 is 10.1 Å². The van der Waals surface area contributed by atoms with E-state index < -0.39 is 0 Å². The van der Waals surface area contributed by atoms with Crippen LogP contribution in [-0.2, 0) is 4.79 Å². The van der Waals surface area contributed by atoms with Gasteiger partial charge in [-0.2, -0.15) is 0 Å². The molecule has 3 aromatic rings. The second kappa shape index (κ2) is 7.14. The first-order valence-corrected chi connectivity index (χ1v) is 8.69. The number of aromatic nitrogens is 2. The minimum atomic E-state index is -0.0384. The largest absolute Gasteiger partial charge is 0.424 e. The summed E-state index contributed by atoms with van der Waals surface area (Å²) in [6, 6.07) is 16.8. The number of hydrogen-bond acceptors (Lipinski definition) is 4. The van der Waals surface area contributed by atoms with Gasteiger partial charge in [0.2, 0.25) is 5.91 Å². The van der Waals surface area contributed by atoms with E-state index in [1.165, 1.54) is 0 Å². The minimum Gasteiger partial charge on any atom is -0.424 e. The summed E-state index contributed by atoms with van der Waals surface area (Å²) < 4.78 is 5.54. The molecule has 1 aromatic heterocycles. The third-order valence-corrected chi connectivity index (χ3v) is 4.65. The molecule has 1 heterocycles. The topological polar surface area (TPSA) is 64.1 Å². The molecule has 4 rings (SSSR count). The lowest BCUT2D eigenvalue weighted by atomic mass is 10.1. The molecule has 1 saturated carbocycles. The van der Waals surface area contributed by atoms with E-state index in [4.69, 9.17) is 16.3 Å². The molecule has 0 spiro atoms. The number of carbonyl (C=O) groups is 1. The zero-order chi connectivity index (χ0) is 17.9. The number of nitrogens with zero attached hydrogens (tertiary/aromatic N) is 2. The molecule has 1 N–H and O–H groups in total. The third-order valence-electron chi connectivity index (χ3n) is 4.30. The number of anilines is 1.